The second-order valence-corrected chi connectivity index (χ2v) is 9.23. The maximum absolute atomic E-state index is 12.7. The molecule has 0 aliphatic carbocycles. The third kappa shape index (κ3) is 4.03. The number of benzene rings is 2. The molecule has 0 aliphatic heterocycles. The van der Waals surface area contributed by atoms with Gasteiger partial charge in [-0.05, 0) is 43.5 Å². The molecule has 0 radical (unpaired) electrons. The van der Waals surface area contributed by atoms with Crippen molar-refractivity contribution in [2.45, 2.75) is 23.3 Å². The Morgan fingerprint density at radius 1 is 1.19 bits per heavy atom. The monoisotopic (exact) mass is 408 g/mol. The van der Waals surface area contributed by atoms with Crippen molar-refractivity contribution in [3.63, 3.8) is 0 Å². The van der Waals surface area contributed by atoms with Crippen LogP contribution in [0.1, 0.15) is 5.56 Å². The van der Waals surface area contributed by atoms with E-state index < -0.39 is 10.0 Å². The van der Waals surface area contributed by atoms with Crippen LogP contribution in [0.15, 0.2) is 56.7 Å². The van der Waals surface area contributed by atoms with E-state index in [-0.39, 0.29) is 4.90 Å². The summed E-state index contributed by atoms with van der Waals surface area (Å²) < 4.78 is 37.7. The van der Waals surface area contributed by atoms with Gasteiger partial charge in [0.05, 0.1) is 21.7 Å². The van der Waals surface area contributed by atoms with Crippen LogP contribution in [0, 0.1) is 6.92 Å². The zero-order chi connectivity index (χ0) is 18.7. The molecule has 0 N–H and O–H groups in total. The quantitative estimate of drug-likeness (QED) is 0.584. The molecule has 0 unspecified atom stereocenters. The number of aryl methyl sites for hydroxylation is 1. The molecule has 0 atom stereocenters. The molecule has 3 rings (SSSR count). The van der Waals surface area contributed by atoms with Crippen molar-refractivity contribution < 1.29 is 13.2 Å². The van der Waals surface area contributed by atoms with Gasteiger partial charge in [0.15, 0.2) is 0 Å². The molecular formula is C18H20N2O3S3. The second kappa shape index (κ2) is 7.96. The van der Waals surface area contributed by atoms with Gasteiger partial charge >= 0.3 is 0 Å². The molecule has 1 heterocycles. The van der Waals surface area contributed by atoms with Gasteiger partial charge < -0.3 is 9.30 Å². The maximum atomic E-state index is 12.7. The number of ether oxygens (including phenoxy) is 1. The number of sulfonamides is 1. The highest BCUT2D eigenvalue weighted by atomic mass is 32.2. The van der Waals surface area contributed by atoms with Gasteiger partial charge in [-0.1, -0.05) is 29.0 Å². The highest BCUT2D eigenvalue weighted by molar-refractivity contribution is 7.98. The summed E-state index contributed by atoms with van der Waals surface area (Å²) in [6.45, 7) is 2.94. The van der Waals surface area contributed by atoms with Gasteiger partial charge in [0.25, 0.3) is 10.0 Å². The van der Waals surface area contributed by atoms with E-state index in [1.807, 2.05) is 29.9 Å². The van der Waals surface area contributed by atoms with Gasteiger partial charge in [-0.15, -0.1) is 16.2 Å². The van der Waals surface area contributed by atoms with Crippen molar-refractivity contribution >= 4 is 43.3 Å². The van der Waals surface area contributed by atoms with Crippen molar-refractivity contribution in [2.24, 2.45) is 4.40 Å². The van der Waals surface area contributed by atoms with E-state index in [9.17, 15) is 8.42 Å². The average Bonchev–Trinajstić information content (AvgIpc) is 2.95. The highest BCUT2D eigenvalue weighted by Gasteiger charge is 2.15. The Morgan fingerprint density at radius 2 is 1.92 bits per heavy atom. The van der Waals surface area contributed by atoms with Gasteiger partial charge in [-0.3, -0.25) is 0 Å². The maximum Gasteiger partial charge on any atom is 0.285 e. The first-order valence-electron chi connectivity index (χ1n) is 7.98. The first-order valence-corrected chi connectivity index (χ1v) is 11.5. The van der Waals surface area contributed by atoms with E-state index in [1.165, 1.54) is 11.3 Å². The minimum atomic E-state index is -3.77. The fourth-order valence-electron chi connectivity index (χ4n) is 2.51. The average molecular weight is 409 g/mol. The normalized spacial score (nSPS) is 12.8. The van der Waals surface area contributed by atoms with Crippen LogP contribution in [-0.4, -0.2) is 33.0 Å². The molecule has 8 heteroatoms. The molecule has 0 spiro atoms. The molecule has 0 fully saturated rings. The third-order valence-electron chi connectivity index (χ3n) is 3.93. The molecule has 0 saturated carbocycles. The van der Waals surface area contributed by atoms with Crippen molar-refractivity contribution in [3.05, 3.63) is 52.8 Å². The first-order chi connectivity index (χ1) is 12.4. The largest absolute Gasteiger partial charge is 0.383 e. The number of fused-ring (bicyclic) bond motifs is 1. The number of rotatable bonds is 6. The highest BCUT2D eigenvalue weighted by Crippen LogP contribution is 2.24. The summed E-state index contributed by atoms with van der Waals surface area (Å²) in [6, 6.07) is 12.8. The lowest BCUT2D eigenvalue weighted by molar-refractivity contribution is 0.187. The van der Waals surface area contributed by atoms with Gasteiger partial charge in [-0.2, -0.15) is 8.42 Å². The van der Waals surface area contributed by atoms with E-state index in [0.717, 1.165) is 20.7 Å². The molecule has 1 aromatic heterocycles. The Balaban J connectivity index is 2.18. The SMILES string of the molecule is COCCn1/c(=N/S(=O)(=O)c2ccc(C)cc2)sc2cc(SC)ccc21. The molecule has 0 saturated heterocycles. The summed E-state index contributed by atoms with van der Waals surface area (Å²) in [5.41, 5.74) is 1.97. The topological polar surface area (TPSA) is 60.7 Å². The van der Waals surface area contributed by atoms with Gasteiger partial charge in [0, 0.05) is 18.6 Å². The predicted molar refractivity (Wildman–Crippen MR) is 107 cm³/mol. The summed E-state index contributed by atoms with van der Waals surface area (Å²) in [4.78, 5) is 1.78. The minimum absolute atomic E-state index is 0.198. The van der Waals surface area contributed by atoms with E-state index in [1.54, 1.807) is 43.1 Å². The Hall–Kier alpha value is -1.61. The number of thiazole rings is 1. The summed E-state index contributed by atoms with van der Waals surface area (Å²) >= 11 is 3.03. The Morgan fingerprint density at radius 3 is 2.58 bits per heavy atom. The van der Waals surface area contributed by atoms with Crippen LogP contribution in [0.4, 0.5) is 0 Å². The molecule has 0 amide bonds. The zero-order valence-electron chi connectivity index (χ0n) is 14.8. The number of thioether (sulfide) groups is 1. The molecule has 138 valence electrons. The van der Waals surface area contributed by atoms with Gasteiger partial charge in [0.1, 0.15) is 0 Å². The van der Waals surface area contributed by atoms with Crippen molar-refractivity contribution in [1.29, 1.82) is 0 Å². The van der Waals surface area contributed by atoms with E-state index >= 15 is 0 Å². The van der Waals surface area contributed by atoms with Crippen LogP contribution in [0.5, 0.6) is 0 Å². The number of nitrogens with zero attached hydrogens (tertiary/aromatic N) is 2. The van der Waals surface area contributed by atoms with Crippen molar-refractivity contribution in [3.8, 4) is 0 Å². The fraction of sp³-hybridized carbons (Fsp3) is 0.278. The van der Waals surface area contributed by atoms with Crippen LogP contribution in [0.3, 0.4) is 0 Å². The van der Waals surface area contributed by atoms with Crippen LogP contribution in [-0.2, 0) is 21.3 Å². The van der Waals surface area contributed by atoms with Crippen molar-refractivity contribution in [1.82, 2.24) is 4.57 Å². The van der Waals surface area contributed by atoms with Crippen LogP contribution in [0.25, 0.3) is 10.2 Å². The molecule has 0 aliphatic rings. The molecule has 5 nitrogen and oxygen atoms in total. The second-order valence-electron chi connectivity index (χ2n) is 5.74. The number of methoxy groups -OCH3 is 1. The van der Waals surface area contributed by atoms with Crippen LogP contribution >= 0.6 is 23.1 Å². The molecule has 26 heavy (non-hydrogen) atoms. The molecule has 2 aromatic carbocycles. The van der Waals surface area contributed by atoms with Crippen molar-refractivity contribution in [2.75, 3.05) is 20.0 Å². The van der Waals surface area contributed by atoms with E-state index in [0.29, 0.717) is 18.0 Å². The van der Waals surface area contributed by atoms with Crippen LogP contribution < -0.4 is 4.80 Å². The predicted octanol–water partition coefficient (Wildman–Crippen LogP) is 3.67. The van der Waals surface area contributed by atoms with Crippen LogP contribution in [0.2, 0.25) is 0 Å². The Labute approximate surface area is 161 Å². The summed E-state index contributed by atoms with van der Waals surface area (Å²) in [6.07, 6.45) is 2.01. The number of aromatic nitrogens is 1. The molecule has 3 aromatic rings. The zero-order valence-corrected chi connectivity index (χ0v) is 17.2. The summed E-state index contributed by atoms with van der Waals surface area (Å²) in [5, 5.41) is 0. The van der Waals surface area contributed by atoms with E-state index in [4.69, 9.17) is 4.74 Å². The lowest BCUT2D eigenvalue weighted by Gasteiger charge is -2.05. The first kappa shape index (κ1) is 19.2. The smallest absolute Gasteiger partial charge is 0.285 e. The Kier molecular flexibility index (Phi) is 5.86. The molecular weight excluding hydrogens is 388 g/mol. The lowest BCUT2D eigenvalue weighted by Crippen LogP contribution is -2.19. The van der Waals surface area contributed by atoms with E-state index in [2.05, 4.69) is 10.5 Å². The standard InChI is InChI=1S/C18H20N2O3S3/c1-13-4-7-15(8-5-13)26(21,22)19-18-20(10-11-23-2)16-9-6-14(24-3)12-17(16)25-18/h4-9,12H,10-11H2,1-3H3/b19-18-. The minimum Gasteiger partial charge on any atom is -0.383 e. The number of hydrogen-bond acceptors (Lipinski definition) is 5. The summed E-state index contributed by atoms with van der Waals surface area (Å²) in [5.74, 6) is 0. The third-order valence-corrected chi connectivity index (χ3v) is 7.09. The fourth-order valence-corrected chi connectivity index (χ4v) is 5.33. The Bertz CT molecular complexity index is 1080. The summed E-state index contributed by atoms with van der Waals surface area (Å²) in [7, 11) is -2.15. The van der Waals surface area contributed by atoms with Gasteiger partial charge in [0.2, 0.25) is 4.80 Å². The molecule has 0 bridgehead atoms. The van der Waals surface area contributed by atoms with Gasteiger partial charge in [-0.25, -0.2) is 0 Å². The number of hydrogen-bond donors (Lipinski definition) is 0. The lowest BCUT2D eigenvalue weighted by atomic mass is 10.2.